The van der Waals surface area contributed by atoms with Crippen LogP contribution in [0.4, 0.5) is 4.79 Å². The molecule has 1 aliphatic carbocycles. The summed E-state index contributed by atoms with van der Waals surface area (Å²) in [5, 5.41) is 12.1. The lowest BCUT2D eigenvalue weighted by molar-refractivity contribution is -0.149. The van der Waals surface area contributed by atoms with E-state index in [0.29, 0.717) is 38.8 Å². The van der Waals surface area contributed by atoms with Gasteiger partial charge in [0.15, 0.2) is 0 Å². The van der Waals surface area contributed by atoms with E-state index in [9.17, 15) is 19.5 Å². The molecule has 0 saturated carbocycles. The largest absolute Gasteiger partial charge is 0.481 e. The summed E-state index contributed by atoms with van der Waals surface area (Å²) in [6.07, 6.45) is 1.54. The summed E-state index contributed by atoms with van der Waals surface area (Å²) >= 11 is 0. The quantitative estimate of drug-likeness (QED) is 0.576. The molecular formula is C28H34N2O5. The Morgan fingerprint density at radius 3 is 2.03 bits per heavy atom. The average Bonchev–Trinajstić information content (AvgIpc) is 3.22. The minimum absolute atomic E-state index is 0.0209. The molecule has 2 aromatic carbocycles. The summed E-state index contributed by atoms with van der Waals surface area (Å²) in [6.45, 7) is 5.18. The van der Waals surface area contributed by atoms with Gasteiger partial charge in [-0.25, -0.2) is 4.79 Å². The number of aliphatic carboxylic acids is 1. The van der Waals surface area contributed by atoms with E-state index in [-0.39, 0.29) is 25.0 Å². The highest BCUT2D eigenvalue weighted by Gasteiger charge is 2.40. The van der Waals surface area contributed by atoms with E-state index in [0.717, 1.165) is 11.1 Å². The molecule has 0 atom stereocenters. The summed E-state index contributed by atoms with van der Waals surface area (Å²) < 4.78 is 5.65. The van der Waals surface area contributed by atoms with E-state index in [1.807, 2.05) is 38.1 Å². The summed E-state index contributed by atoms with van der Waals surface area (Å²) in [5.41, 5.74) is 3.91. The third-order valence-corrected chi connectivity index (χ3v) is 7.85. The van der Waals surface area contributed by atoms with E-state index in [4.69, 9.17) is 4.74 Å². The van der Waals surface area contributed by atoms with E-state index >= 15 is 0 Å². The lowest BCUT2D eigenvalue weighted by atomic mass is 9.80. The molecule has 2 amide bonds. The zero-order valence-corrected chi connectivity index (χ0v) is 20.5. The van der Waals surface area contributed by atoms with Gasteiger partial charge in [0.2, 0.25) is 5.91 Å². The van der Waals surface area contributed by atoms with Gasteiger partial charge in [0.05, 0.1) is 11.3 Å². The molecule has 0 spiro atoms. The molecule has 186 valence electrons. The van der Waals surface area contributed by atoms with Crippen LogP contribution >= 0.6 is 0 Å². The number of hydrogen-bond acceptors (Lipinski definition) is 4. The van der Waals surface area contributed by atoms with Crippen molar-refractivity contribution in [3.05, 3.63) is 59.7 Å². The molecule has 2 aliphatic rings. The fraction of sp³-hybridized carbons (Fsp3) is 0.464. The first-order valence-electron chi connectivity index (χ1n) is 12.5. The van der Waals surface area contributed by atoms with E-state index < -0.39 is 23.4 Å². The highest BCUT2D eigenvalue weighted by molar-refractivity contribution is 5.84. The van der Waals surface area contributed by atoms with Crippen LogP contribution in [-0.4, -0.2) is 54.2 Å². The van der Waals surface area contributed by atoms with Gasteiger partial charge in [0.1, 0.15) is 6.61 Å². The van der Waals surface area contributed by atoms with Gasteiger partial charge in [-0.3, -0.25) is 9.59 Å². The lowest BCUT2D eigenvalue weighted by Crippen LogP contribution is -2.52. The van der Waals surface area contributed by atoms with Crippen LogP contribution in [0.2, 0.25) is 0 Å². The fourth-order valence-electron chi connectivity index (χ4n) is 5.43. The maximum Gasteiger partial charge on any atom is 0.407 e. The molecule has 1 saturated heterocycles. The van der Waals surface area contributed by atoms with Gasteiger partial charge in [0, 0.05) is 25.6 Å². The molecule has 7 nitrogen and oxygen atoms in total. The van der Waals surface area contributed by atoms with Crippen LogP contribution in [0.15, 0.2) is 48.5 Å². The van der Waals surface area contributed by atoms with Crippen molar-refractivity contribution >= 4 is 18.0 Å². The van der Waals surface area contributed by atoms with Gasteiger partial charge in [-0.1, -0.05) is 62.4 Å². The molecule has 2 N–H and O–H groups in total. The topological polar surface area (TPSA) is 95.9 Å². The molecule has 1 aliphatic heterocycles. The molecule has 1 heterocycles. The predicted molar refractivity (Wildman–Crippen MR) is 133 cm³/mol. The molecule has 35 heavy (non-hydrogen) atoms. The number of hydrogen-bond donors (Lipinski definition) is 2. The number of nitrogens with zero attached hydrogens (tertiary/aromatic N) is 1. The van der Waals surface area contributed by atoms with Crippen LogP contribution in [0.1, 0.15) is 56.6 Å². The second-order valence-electron chi connectivity index (χ2n) is 9.57. The van der Waals surface area contributed by atoms with Crippen LogP contribution < -0.4 is 5.32 Å². The molecule has 2 aromatic rings. The number of benzene rings is 2. The normalized spacial score (nSPS) is 15.9. The Hall–Kier alpha value is -3.35. The smallest absolute Gasteiger partial charge is 0.407 e. The van der Waals surface area contributed by atoms with Gasteiger partial charge in [-0.05, 0) is 47.9 Å². The van der Waals surface area contributed by atoms with Crippen molar-refractivity contribution in [2.45, 2.75) is 45.4 Å². The molecule has 1 fully saturated rings. The minimum Gasteiger partial charge on any atom is -0.481 e. The number of carboxylic acids is 1. The Balaban J connectivity index is 1.36. The molecule has 0 radical (unpaired) electrons. The Labute approximate surface area is 206 Å². The van der Waals surface area contributed by atoms with Crippen LogP contribution in [0, 0.1) is 11.3 Å². The molecule has 0 bridgehead atoms. The van der Waals surface area contributed by atoms with Crippen LogP contribution in [0.5, 0.6) is 0 Å². The predicted octanol–water partition coefficient (Wildman–Crippen LogP) is 4.65. The number of likely N-dealkylation sites (tertiary alicyclic amines) is 1. The van der Waals surface area contributed by atoms with Crippen molar-refractivity contribution in [2.75, 3.05) is 26.2 Å². The van der Waals surface area contributed by atoms with Crippen LogP contribution in [0.25, 0.3) is 11.1 Å². The Morgan fingerprint density at radius 1 is 0.971 bits per heavy atom. The number of ether oxygens (including phenoxy) is 1. The van der Waals surface area contributed by atoms with Crippen LogP contribution in [-0.2, 0) is 14.3 Å². The summed E-state index contributed by atoms with van der Waals surface area (Å²) in [7, 11) is 0. The van der Waals surface area contributed by atoms with Gasteiger partial charge in [-0.15, -0.1) is 0 Å². The number of nitrogens with one attached hydrogen (secondary N) is 1. The van der Waals surface area contributed by atoms with Gasteiger partial charge in [-0.2, -0.15) is 0 Å². The highest BCUT2D eigenvalue weighted by Crippen LogP contribution is 2.44. The number of carboxylic acid groups (broad SMARTS) is 1. The van der Waals surface area contributed by atoms with Crippen molar-refractivity contribution in [1.82, 2.24) is 10.2 Å². The number of carbonyl (C=O) groups excluding carboxylic acids is 2. The standard InChI is InChI=1S/C28H34N2O5/c1-3-28(4-2,26(33)30-15-13-19(14-16-30)25(31)32)18-29-27(34)35-17-24-22-11-7-5-9-20(22)21-10-6-8-12-23(21)24/h5-12,19,24H,3-4,13-18H2,1-2H3,(H,29,34)(H,31,32). The number of fused-ring (bicyclic) bond motifs is 3. The van der Waals surface area contributed by atoms with Crippen molar-refractivity contribution in [3.63, 3.8) is 0 Å². The summed E-state index contributed by atoms with van der Waals surface area (Å²) in [5.74, 6) is -1.24. The Kier molecular flexibility index (Phi) is 7.43. The monoisotopic (exact) mass is 478 g/mol. The zero-order chi connectivity index (χ0) is 25.0. The van der Waals surface area contributed by atoms with Crippen molar-refractivity contribution in [1.29, 1.82) is 0 Å². The van der Waals surface area contributed by atoms with Crippen molar-refractivity contribution in [2.24, 2.45) is 11.3 Å². The Bertz CT molecular complexity index is 1040. The second-order valence-corrected chi connectivity index (χ2v) is 9.57. The van der Waals surface area contributed by atoms with Crippen molar-refractivity contribution < 1.29 is 24.2 Å². The first-order valence-corrected chi connectivity index (χ1v) is 12.5. The first kappa shape index (κ1) is 24.8. The molecular weight excluding hydrogens is 444 g/mol. The van der Waals surface area contributed by atoms with Gasteiger partial charge >= 0.3 is 12.1 Å². The second kappa shape index (κ2) is 10.5. The SMILES string of the molecule is CCC(CC)(CNC(=O)OCC1c2ccccc2-c2ccccc21)C(=O)N1CCC(C(=O)O)CC1. The zero-order valence-electron chi connectivity index (χ0n) is 20.5. The number of alkyl carbamates (subject to hydrolysis) is 1. The average molecular weight is 479 g/mol. The van der Waals surface area contributed by atoms with Crippen LogP contribution in [0.3, 0.4) is 0 Å². The first-order chi connectivity index (χ1) is 16.9. The number of piperidine rings is 1. The number of amides is 2. The van der Waals surface area contributed by atoms with E-state index in [1.54, 1.807) is 4.90 Å². The fourth-order valence-corrected chi connectivity index (χ4v) is 5.43. The maximum atomic E-state index is 13.4. The van der Waals surface area contributed by atoms with E-state index in [1.165, 1.54) is 11.1 Å². The number of carbonyl (C=O) groups is 3. The van der Waals surface area contributed by atoms with Gasteiger partial charge < -0.3 is 20.1 Å². The summed E-state index contributed by atoms with van der Waals surface area (Å²) in [4.78, 5) is 39.1. The third-order valence-electron chi connectivity index (χ3n) is 7.85. The lowest BCUT2D eigenvalue weighted by Gasteiger charge is -2.39. The maximum absolute atomic E-state index is 13.4. The number of rotatable bonds is 8. The molecule has 4 rings (SSSR count). The van der Waals surface area contributed by atoms with E-state index in [2.05, 4.69) is 29.6 Å². The van der Waals surface area contributed by atoms with Gasteiger partial charge in [0.25, 0.3) is 0 Å². The molecule has 0 unspecified atom stereocenters. The summed E-state index contributed by atoms with van der Waals surface area (Å²) in [6, 6.07) is 16.4. The van der Waals surface area contributed by atoms with Crippen molar-refractivity contribution in [3.8, 4) is 11.1 Å². The highest BCUT2D eigenvalue weighted by atomic mass is 16.5. The molecule has 7 heteroatoms. The third kappa shape index (κ3) is 4.90. The molecule has 0 aromatic heterocycles. The Morgan fingerprint density at radius 2 is 1.51 bits per heavy atom. The minimum atomic E-state index is -0.800.